The normalized spacial score (nSPS) is 15.7. The molecule has 0 heterocycles. The Balaban J connectivity index is 2.96. The van der Waals surface area contributed by atoms with Gasteiger partial charge < -0.3 is 21.7 Å². The number of benzene rings is 1. The molecule has 1 aromatic rings. The molecular formula is C8H11N2O2. The lowest BCUT2D eigenvalue weighted by Gasteiger charge is -2.08. The third-order valence-corrected chi connectivity index (χ3v) is 1.52. The molecule has 0 spiro atoms. The van der Waals surface area contributed by atoms with Crippen molar-refractivity contribution >= 4 is 0 Å². The maximum Gasteiger partial charge on any atom is 0.128 e. The Bertz CT molecular complexity index is 238. The highest BCUT2D eigenvalue weighted by Crippen LogP contribution is 2.12. The molecular weight excluding hydrogens is 156 g/mol. The molecule has 0 aliphatic heterocycles. The van der Waals surface area contributed by atoms with E-state index in [9.17, 15) is 0 Å². The van der Waals surface area contributed by atoms with Gasteiger partial charge in [0.25, 0.3) is 0 Å². The molecule has 0 aromatic heterocycles. The van der Waals surface area contributed by atoms with E-state index in [1.54, 1.807) is 0 Å². The van der Waals surface area contributed by atoms with Gasteiger partial charge >= 0.3 is 0 Å². The van der Waals surface area contributed by atoms with Gasteiger partial charge in [0, 0.05) is 0 Å². The smallest absolute Gasteiger partial charge is 0.128 e. The minimum atomic E-state index is -1.06. The van der Waals surface area contributed by atoms with Gasteiger partial charge in [0.05, 0.1) is 0 Å². The Morgan fingerprint density at radius 3 is 1.83 bits per heavy atom. The summed E-state index contributed by atoms with van der Waals surface area (Å²) in [6.45, 7) is 0. The Morgan fingerprint density at radius 1 is 1.08 bits per heavy atom. The van der Waals surface area contributed by atoms with Crippen molar-refractivity contribution in [2.24, 2.45) is 11.5 Å². The van der Waals surface area contributed by atoms with Crippen molar-refractivity contribution < 1.29 is 10.2 Å². The summed E-state index contributed by atoms with van der Waals surface area (Å²) in [6.07, 6.45) is -2.11. The Labute approximate surface area is 70.4 Å². The first-order valence-electron chi connectivity index (χ1n) is 3.49. The fourth-order valence-electron chi connectivity index (χ4n) is 0.851. The molecule has 4 heteroatoms. The summed E-state index contributed by atoms with van der Waals surface area (Å²) < 4.78 is 0. The first-order valence-corrected chi connectivity index (χ1v) is 3.49. The number of nitrogens with two attached hydrogens (primary N) is 2. The summed E-state index contributed by atoms with van der Waals surface area (Å²) >= 11 is 0. The van der Waals surface area contributed by atoms with Crippen LogP contribution in [0.1, 0.15) is 23.6 Å². The second-order valence-corrected chi connectivity index (χ2v) is 2.49. The SMILES string of the molecule is NC(O)c1c[c]cc(C(N)O)c1. The van der Waals surface area contributed by atoms with Crippen LogP contribution in [0.4, 0.5) is 0 Å². The van der Waals surface area contributed by atoms with Gasteiger partial charge in [-0.15, -0.1) is 0 Å². The fourth-order valence-corrected chi connectivity index (χ4v) is 0.851. The highest BCUT2D eigenvalue weighted by atomic mass is 16.3. The average Bonchev–Trinajstić information content (AvgIpc) is 2.04. The molecule has 0 fully saturated rings. The highest BCUT2D eigenvalue weighted by Gasteiger charge is 2.04. The van der Waals surface area contributed by atoms with Gasteiger partial charge in [-0.2, -0.15) is 0 Å². The third kappa shape index (κ3) is 2.02. The van der Waals surface area contributed by atoms with E-state index in [1.165, 1.54) is 18.2 Å². The molecule has 0 saturated heterocycles. The van der Waals surface area contributed by atoms with Gasteiger partial charge in [-0.05, 0) is 35.4 Å². The number of hydrogen-bond donors (Lipinski definition) is 4. The van der Waals surface area contributed by atoms with Gasteiger partial charge in [0.15, 0.2) is 0 Å². The number of hydrogen-bond acceptors (Lipinski definition) is 4. The van der Waals surface area contributed by atoms with Crippen LogP contribution in [-0.2, 0) is 0 Å². The van der Waals surface area contributed by atoms with Crippen molar-refractivity contribution in [1.82, 2.24) is 0 Å². The van der Waals surface area contributed by atoms with Gasteiger partial charge in [-0.25, -0.2) is 0 Å². The lowest BCUT2D eigenvalue weighted by Crippen LogP contribution is -2.12. The third-order valence-electron chi connectivity index (χ3n) is 1.52. The summed E-state index contributed by atoms with van der Waals surface area (Å²) in [7, 11) is 0. The Morgan fingerprint density at radius 2 is 1.50 bits per heavy atom. The van der Waals surface area contributed by atoms with Crippen LogP contribution >= 0.6 is 0 Å². The van der Waals surface area contributed by atoms with E-state index >= 15 is 0 Å². The quantitative estimate of drug-likeness (QED) is 0.442. The van der Waals surface area contributed by atoms with E-state index in [0.29, 0.717) is 11.1 Å². The molecule has 4 nitrogen and oxygen atoms in total. The second-order valence-electron chi connectivity index (χ2n) is 2.49. The van der Waals surface area contributed by atoms with E-state index in [-0.39, 0.29) is 0 Å². The van der Waals surface area contributed by atoms with Crippen LogP contribution in [-0.4, -0.2) is 10.2 Å². The zero-order valence-electron chi connectivity index (χ0n) is 6.44. The molecule has 0 aliphatic carbocycles. The first kappa shape index (κ1) is 9.15. The molecule has 0 saturated carbocycles. The molecule has 6 N–H and O–H groups in total. The van der Waals surface area contributed by atoms with Crippen LogP contribution in [0.5, 0.6) is 0 Å². The van der Waals surface area contributed by atoms with Crippen LogP contribution in [0, 0.1) is 6.07 Å². The van der Waals surface area contributed by atoms with E-state index in [4.69, 9.17) is 21.7 Å². The van der Waals surface area contributed by atoms with E-state index < -0.39 is 12.5 Å². The largest absolute Gasteiger partial charge is 0.375 e. The number of aliphatic hydroxyl groups excluding tert-OH is 2. The molecule has 65 valence electrons. The van der Waals surface area contributed by atoms with Crippen LogP contribution in [0.3, 0.4) is 0 Å². The van der Waals surface area contributed by atoms with Crippen molar-refractivity contribution in [3.05, 3.63) is 35.4 Å². The van der Waals surface area contributed by atoms with Crippen molar-refractivity contribution in [3.8, 4) is 0 Å². The van der Waals surface area contributed by atoms with Crippen LogP contribution in [0.15, 0.2) is 18.2 Å². The van der Waals surface area contributed by atoms with Gasteiger partial charge in [0.2, 0.25) is 0 Å². The maximum atomic E-state index is 8.97. The monoisotopic (exact) mass is 167 g/mol. The zero-order valence-corrected chi connectivity index (χ0v) is 6.44. The van der Waals surface area contributed by atoms with Gasteiger partial charge in [-0.3, -0.25) is 0 Å². The summed E-state index contributed by atoms with van der Waals surface area (Å²) in [5.41, 5.74) is 11.4. The minimum absolute atomic E-state index is 0.483. The first-order chi connectivity index (χ1) is 5.61. The van der Waals surface area contributed by atoms with E-state index in [1.807, 2.05) is 0 Å². The predicted octanol–water partition coefficient (Wildman–Crippen LogP) is -0.614. The molecule has 12 heavy (non-hydrogen) atoms. The lowest BCUT2D eigenvalue weighted by molar-refractivity contribution is 0.179. The molecule has 1 aromatic carbocycles. The zero-order chi connectivity index (χ0) is 9.14. The van der Waals surface area contributed by atoms with Crippen LogP contribution < -0.4 is 11.5 Å². The van der Waals surface area contributed by atoms with Gasteiger partial charge in [-0.1, -0.05) is 0 Å². The van der Waals surface area contributed by atoms with Crippen molar-refractivity contribution in [1.29, 1.82) is 0 Å². The summed E-state index contributed by atoms with van der Waals surface area (Å²) in [5.74, 6) is 0. The summed E-state index contributed by atoms with van der Waals surface area (Å²) in [4.78, 5) is 0. The Kier molecular flexibility index (Phi) is 2.78. The molecule has 0 bridgehead atoms. The molecule has 1 rings (SSSR count). The fraction of sp³-hybridized carbons (Fsp3) is 0.250. The minimum Gasteiger partial charge on any atom is -0.375 e. The lowest BCUT2D eigenvalue weighted by atomic mass is 10.1. The average molecular weight is 167 g/mol. The topological polar surface area (TPSA) is 92.5 Å². The standard InChI is InChI=1S/C8H11N2O2/c9-7(11)5-2-1-3-6(4-5)8(10)12/h2-4,7-8,11-12H,9-10H2. The molecule has 2 atom stereocenters. The van der Waals surface area contributed by atoms with Crippen molar-refractivity contribution in [3.63, 3.8) is 0 Å². The molecule has 1 radical (unpaired) electrons. The number of aliphatic hydroxyl groups is 2. The Hall–Kier alpha value is -0.940. The van der Waals surface area contributed by atoms with Crippen LogP contribution in [0.2, 0.25) is 0 Å². The van der Waals surface area contributed by atoms with Crippen LogP contribution in [0.25, 0.3) is 0 Å². The predicted molar refractivity (Wildman–Crippen MR) is 43.6 cm³/mol. The number of rotatable bonds is 2. The molecule has 0 amide bonds. The molecule has 2 unspecified atom stereocenters. The van der Waals surface area contributed by atoms with Crippen molar-refractivity contribution in [2.75, 3.05) is 0 Å². The molecule has 0 aliphatic rings. The summed E-state index contributed by atoms with van der Waals surface area (Å²) in [5, 5.41) is 17.9. The summed E-state index contributed by atoms with van der Waals surface area (Å²) in [6, 6.07) is 7.32. The second kappa shape index (κ2) is 3.64. The van der Waals surface area contributed by atoms with Crippen molar-refractivity contribution in [2.45, 2.75) is 12.5 Å². The maximum absolute atomic E-state index is 8.97. The highest BCUT2D eigenvalue weighted by molar-refractivity contribution is 5.24. The van der Waals surface area contributed by atoms with E-state index in [2.05, 4.69) is 6.07 Å². The van der Waals surface area contributed by atoms with E-state index in [0.717, 1.165) is 0 Å². The van der Waals surface area contributed by atoms with Gasteiger partial charge in [0.1, 0.15) is 12.5 Å².